The summed E-state index contributed by atoms with van der Waals surface area (Å²) < 4.78 is 0. The Kier molecular flexibility index (Phi) is 33.3. The molecule has 258 valence electrons. The second-order valence-corrected chi connectivity index (χ2v) is 10.6. The molecule has 0 amide bonds. The summed E-state index contributed by atoms with van der Waals surface area (Å²) in [6.45, 7) is 23.0. The first-order valence-corrected chi connectivity index (χ1v) is 16.6. The molecule has 15 nitrogen and oxygen atoms in total. The third-order valence-corrected chi connectivity index (χ3v) is 7.07. The molecule has 43 heavy (non-hydrogen) atoms. The normalized spacial score (nSPS) is 12.3. The Balaban J connectivity index is 4.77. The van der Waals surface area contributed by atoms with Crippen LogP contribution in [0.2, 0.25) is 0 Å². The first-order valence-electron chi connectivity index (χ1n) is 16.6. The second kappa shape index (κ2) is 34.0. The summed E-state index contributed by atoms with van der Waals surface area (Å²) in [6.07, 6.45) is 2.07. The van der Waals surface area contributed by atoms with Crippen molar-refractivity contribution >= 4 is 6.21 Å². The van der Waals surface area contributed by atoms with Gasteiger partial charge in [-0.05, 0) is 0 Å². The minimum Gasteiger partial charge on any atom is -0.329 e. The maximum absolute atomic E-state index is 5.95. The highest BCUT2D eigenvalue weighted by Crippen LogP contribution is 1.95. The molecule has 0 aliphatic carbocycles. The summed E-state index contributed by atoms with van der Waals surface area (Å²) in [5.74, 6) is 0. The Labute approximate surface area is 263 Å². The quantitative estimate of drug-likeness (QED) is 0.0236. The lowest BCUT2D eigenvalue weighted by Gasteiger charge is -2.27. The van der Waals surface area contributed by atoms with Gasteiger partial charge in [-0.2, -0.15) is 0 Å². The zero-order valence-electron chi connectivity index (χ0n) is 27.4. The Hall–Kier alpha value is -0.890. The van der Waals surface area contributed by atoms with Crippen LogP contribution in [0.1, 0.15) is 0 Å². The number of hydrogen-bond donors (Lipinski definition) is 10. The molecule has 0 unspecified atom stereocenters. The van der Waals surface area contributed by atoms with E-state index in [2.05, 4.69) is 47.1 Å². The van der Waals surface area contributed by atoms with Crippen LogP contribution in [0.3, 0.4) is 0 Å². The molecule has 0 heterocycles. The van der Waals surface area contributed by atoms with E-state index in [0.717, 1.165) is 137 Å². The van der Waals surface area contributed by atoms with Gasteiger partial charge < -0.3 is 55.7 Å². The van der Waals surface area contributed by atoms with E-state index in [-0.39, 0.29) is 0 Å². The molecule has 0 bridgehead atoms. The van der Waals surface area contributed by atoms with Crippen molar-refractivity contribution in [1.29, 1.82) is 0 Å². The smallest absolute Gasteiger partial charge is 0.0513 e. The minimum absolute atomic E-state index is 0.643. The van der Waals surface area contributed by atoms with E-state index in [9.17, 15) is 0 Å². The molecule has 0 aromatic rings. The predicted octanol–water partition coefficient (Wildman–Crippen LogP) is -5.62. The average molecular weight is 618 g/mol. The van der Waals surface area contributed by atoms with E-state index in [1.165, 1.54) is 0 Å². The van der Waals surface area contributed by atoms with Crippen LogP contribution in [-0.2, 0) is 0 Å². The molecule has 15 heteroatoms. The zero-order valence-corrected chi connectivity index (χ0v) is 27.4. The van der Waals surface area contributed by atoms with Crippen molar-refractivity contribution in [2.24, 2.45) is 39.4 Å². The van der Waals surface area contributed by atoms with Gasteiger partial charge in [0.1, 0.15) is 0 Å². The van der Waals surface area contributed by atoms with Crippen LogP contribution >= 0.6 is 0 Å². The fraction of sp³-hybridized carbons (Fsp3) is 0.964. The van der Waals surface area contributed by atoms with E-state index in [4.69, 9.17) is 39.4 Å². The van der Waals surface area contributed by atoms with Gasteiger partial charge in [0, 0.05) is 176 Å². The molecule has 16 N–H and O–H groups in total. The first-order chi connectivity index (χ1) is 21.1. The zero-order chi connectivity index (χ0) is 31.6. The molecule has 0 fully saturated rings. The van der Waals surface area contributed by atoms with E-state index in [1.807, 2.05) is 0 Å². The molecule has 0 atom stereocenters. The lowest BCUT2D eigenvalue weighted by atomic mass is 10.3. The summed E-state index contributed by atoms with van der Waals surface area (Å²) in [4.78, 5) is 14.5. The van der Waals surface area contributed by atoms with Gasteiger partial charge in [-0.25, -0.2) is 0 Å². The molecule has 0 aromatic heterocycles. The number of nitrogens with two attached hydrogens (primary N) is 6. The van der Waals surface area contributed by atoms with Crippen LogP contribution in [0.5, 0.6) is 0 Å². The highest BCUT2D eigenvalue weighted by atomic mass is 15.2. The van der Waals surface area contributed by atoms with Gasteiger partial charge in [0.05, 0.1) is 6.54 Å². The van der Waals surface area contributed by atoms with Crippen LogP contribution in [0, 0.1) is 0 Å². The number of rotatable bonds is 35. The summed E-state index contributed by atoms with van der Waals surface area (Å²) in [7, 11) is 0. The molecule has 0 radical (unpaired) electrons. The SMILES string of the molecule is NCCNCCN(CC=NCCN(CCN)CCN(CCNCCN)CCNCCN)CCN(CCN)CCNCCN. The van der Waals surface area contributed by atoms with Gasteiger partial charge in [-0.3, -0.25) is 24.6 Å². The van der Waals surface area contributed by atoms with E-state index in [1.54, 1.807) is 0 Å². The molecular formula is C28H71N15. The largest absolute Gasteiger partial charge is 0.329 e. The summed E-state index contributed by atoms with van der Waals surface area (Å²) in [5, 5.41) is 13.6. The van der Waals surface area contributed by atoms with Crippen molar-refractivity contribution in [2.45, 2.75) is 0 Å². The van der Waals surface area contributed by atoms with Crippen molar-refractivity contribution in [1.82, 2.24) is 40.9 Å². The standard InChI is InChI=1S/C28H71N15/c29-1-7-35-11-19-40(17-5-33)25-28-43(23-14-38-10-4-32)24-16-39-15-20-41(18-6-34)26-27-42(21-12-36-8-2-30)22-13-37-9-3-31/h16,35-38H,1-15,17-34H2. The highest BCUT2D eigenvalue weighted by molar-refractivity contribution is 5.59. The fourth-order valence-electron chi connectivity index (χ4n) is 4.55. The predicted molar refractivity (Wildman–Crippen MR) is 185 cm³/mol. The van der Waals surface area contributed by atoms with Crippen LogP contribution in [0.15, 0.2) is 4.99 Å². The number of hydrogen-bond acceptors (Lipinski definition) is 15. The van der Waals surface area contributed by atoms with Gasteiger partial charge in [0.25, 0.3) is 0 Å². The lowest BCUT2D eigenvalue weighted by molar-refractivity contribution is 0.209. The van der Waals surface area contributed by atoms with Crippen LogP contribution in [0.4, 0.5) is 0 Å². The number of nitrogens with one attached hydrogen (secondary N) is 4. The first kappa shape index (κ1) is 42.1. The maximum atomic E-state index is 5.95. The molecule has 0 saturated carbocycles. The van der Waals surface area contributed by atoms with Gasteiger partial charge in [-0.15, -0.1) is 0 Å². The van der Waals surface area contributed by atoms with Crippen LogP contribution < -0.4 is 55.7 Å². The Morgan fingerprint density at radius 3 is 1.12 bits per heavy atom. The topological polar surface area (TPSA) is 230 Å². The summed E-state index contributed by atoms with van der Waals surface area (Å²) in [5.41, 5.74) is 34.3. The van der Waals surface area contributed by atoms with Crippen molar-refractivity contribution in [2.75, 3.05) is 177 Å². The Bertz CT molecular complexity index is 560. The Morgan fingerprint density at radius 2 is 0.721 bits per heavy atom. The third-order valence-electron chi connectivity index (χ3n) is 7.07. The molecule has 0 rings (SSSR count). The molecule has 0 aliphatic heterocycles. The van der Waals surface area contributed by atoms with E-state index < -0.39 is 0 Å². The highest BCUT2D eigenvalue weighted by Gasteiger charge is 2.10. The fourth-order valence-corrected chi connectivity index (χ4v) is 4.55. The molecule has 0 spiro atoms. The molecule has 0 aliphatic rings. The number of aliphatic imine (C=N–C) groups is 1. The van der Waals surface area contributed by atoms with Gasteiger partial charge in [0.2, 0.25) is 0 Å². The van der Waals surface area contributed by atoms with Crippen molar-refractivity contribution in [3.8, 4) is 0 Å². The van der Waals surface area contributed by atoms with Crippen molar-refractivity contribution < 1.29 is 0 Å². The van der Waals surface area contributed by atoms with Crippen molar-refractivity contribution in [3.05, 3.63) is 0 Å². The van der Waals surface area contributed by atoms with Gasteiger partial charge in [-0.1, -0.05) is 0 Å². The summed E-state index contributed by atoms with van der Waals surface area (Å²) >= 11 is 0. The average Bonchev–Trinajstić information content (AvgIpc) is 3.01. The van der Waals surface area contributed by atoms with Crippen LogP contribution in [-0.4, -0.2) is 203 Å². The number of nitrogens with zero attached hydrogens (tertiary/aromatic N) is 5. The summed E-state index contributed by atoms with van der Waals surface area (Å²) in [6, 6.07) is 0. The second-order valence-electron chi connectivity index (χ2n) is 10.6. The monoisotopic (exact) mass is 618 g/mol. The molecule has 0 saturated heterocycles. The molecular weight excluding hydrogens is 546 g/mol. The van der Waals surface area contributed by atoms with E-state index >= 15 is 0 Å². The van der Waals surface area contributed by atoms with Gasteiger partial charge >= 0.3 is 0 Å². The van der Waals surface area contributed by atoms with E-state index in [0.29, 0.717) is 39.3 Å². The molecule has 0 aromatic carbocycles. The Morgan fingerprint density at radius 1 is 0.372 bits per heavy atom. The lowest BCUT2D eigenvalue weighted by Crippen LogP contribution is -2.44. The van der Waals surface area contributed by atoms with Crippen molar-refractivity contribution in [3.63, 3.8) is 0 Å². The van der Waals surface area contributed by atoms with Crippen LogP contribution in [0.25, 0.3) is 0 Å². The minimum atomic E-state index is 0.643. The van der Waals surface area contributed by atoms with Gasteiger partial charge in [0.15, 0.2) is 0 Å². The maximum Gasteiger partial charge on any atom is 0.0513 e. The third kappa shape index (κ3) is 28.3.